The molecule has 2 aromatic rings. The molecule has 0 saturated heterocycles. The number of hydrogen-bond donors (Lipinski definition) is 1. The average Bonchev–Trinajstić information content (AvgIpc) is 2.81. The van der Waals surface area contributed by atoms with Crippen LogP contribution < -0.4 is 0 Å². The maximum atomic E-state index is 5.43. The highest BCUT2D eigenvalue weighted by Gasteiger charge is 2.20. The topological polar surface area (TPSA) is 33.6 Å². The van der Waals surface area contributed by atoms with Gasteiger partial charge in [-0.3, -0.25) is 9.67 Å². The first-order chi connectivity index (χ1) is 9.86. The summed E-state index contributed by atoms with van der Waals surface area (Å²) in [5.41, 5.74) is 1.11. The van der Waals surface area contributed by atoms with E-state index in [2.05, 4.69) is 26.9 Å². The highest BCUT2D eigenvalue weighted by Crippen LogP contribution is 2.31. The molecule has 0 atom stereocenters. The van der Waals surface area contributed by atoms with Crippen molar-refractivity contribution < 1.29 is 0 Å². The Bertz CT molecular complexity index is 592. The second kappa shape index (κ2) is 6.35. The van der Waals surface area contributed by atoms with Gasteiger partial charge < -0.3 is 0 Å². The fourth-order valence-corrected chi connectivity index (χ4v) is 3.37. The van der Waals surface area contributed by atoms with Crippen molar-refractivity contribution in [2.75, 3.05) is 0 Å². The van der Waals surface area contributed by atoms with Crippen LogP contribution in [0.1, 0.15) is 56.7 Å². The van der Waals surface area contributed by atoms with Gasteiger partial charge in [0, 0.05) is 11.6 Å². The van der Waals surface area contributed by atoms with E-state index < -0.39 is 0 Å². The standard InChI is InChI=1S/C16H21N3S/c20-16-18-17-15(13-9-5-2-1-3-6-10-13)19(16)14-11-7-4-8-12-14/h4,7-8,11-13H,1-3,5-6,9-10H2,(H,18,20). The molecule has 3 nitrogen and oxygen atoms in total. The van der Waals surface area contributed by atoms with E-state index in [-0.39, 0.29) is 0 Å². The first-order valence-electron chi connectivity index (χ1n) is 7.59. The van der Waals surface area contributed by atoms with Gasteiger partial charge in [0.15, 0.2) is 4.77 Å². The van der Waals surface area contributed by atoms with Crippen LogP contribution in [0.5, 0.6) is 0 Å². The lowest BCUT2D eigenvalue weighted by Gasteiger charge is -2.19. The van der Waals surface area contributed by atoms with Crippen LogP contribution in [0.2, 0.25) is 0 Å². The zero-order valence-electron chi connectivity index (χ0n) is 11.7. The van der Waals surface area contributed by atoms with Crippen molar-refractivity contribution in [3.05, 3.63) is 40.9 Å². The van der Waals surface area contributed by atoms with E-state index in [1.54, 1.807) is 0 Å². The number of rotatable bonds is 2. The van der Waals surface area contributed by atoms with E-state index in [4.69, 9.17) is 12.2 Å². The van der Waals surface area contributed by atoms with Crippen molar-refractivity contribution in [3.8, 4) is 5.69 Å². The van der Waals surface area contributed by atoms with Crippen molar-refractivity contribution in [2.45, 2.75) is 50.9 Å². The lowest BCUT2D eigenvalue weighted by Crippen LogP contribution is -2.10. The van der Waals surface area contributed by atoms with Gasteiger partial charge in [0.2, 0.25) is 0 Å². The largest absolute Gasteiger partial charge is 0.272 e. The summed E-state index contributed by atoms with van der Waals surface area (Å²) in [6, 6.07) is 10.3. The molecule has 1 saturated carbocycles. The van der Waals surface area contributed by atoms with E-state index in [1.165, 1.54) is 44.9 Å². The van der Waals surface area contributed by atoms with Crippen molar-refractivity contribution in [3.63, 3.8) is 0 Å². The Morgan fingerprint density at radius 2 is 1.65 bits per heavy atom. The number of para-hydroxylation sites is 1. The predicted octanol–water partition coefficient (Wildman–Crippen LogP) is 4.76. The molecule has 0 aliphatic heterocycles. The van der Waals surface area contributed by atoms with Gasteiger partial charge in [-0.2, -0.15) is 5.10 Å². The maximum Gasteiger partial charge on any atom is 0.199 e. The lowest BCUT2D eigenvalue weighted by atomic mass is 9.90. The molecule has 0 bridgehead atoms. The summed E-state index contributed by atoms with van der Waals surface area (Å²) in [6.45, 7) is 0. The SMILES string of the molecule is S=c1[nH]nc(C2CCCCCCC2)n1-c1ccccc1. The average molecular weight is 287 g/mol. The smallest absolute Gasteiger partial charge is 0.199 e. The van der Waals surface area contributed by atoms with Gasteiger partial charge in [0.1, 0.15) is 5.82 Å². The van der Waals surface area contributed by atoms with Crippen LogP contribution in [0.3, 0.4) is 0 Å². The van der Waals surface area contributed by atoms with Crippen molar-refractivity contribution in [1.29, 1.82) is 0 Å². The Kier molecular flexibility index (Phi) is 4.31. The number of aromatic amines is 1. The molecular formula is C16H21N3S. The summed E-state index contributed by atoms with van der Waals surface area (Å²) < 4.78 is 2.81. The van der Waals surface area contributed by atoms with Crippen LogP contribution in [-0.2, 0) is 0 Å². The first-order valence-corrected chi connectivity index (χ1v) is 8.00. The highest BCUT2D eigenvalue weighted by molar-refractivity contribution is 7.71. The summed E-state index contributed by atoms with van der Waals surface area (Å²) in [5.74, 6) is 1.64. The third-order valence-corrected chi connectivity index (χ3v) is 4.46. The van der Waals surface area contributed by atoms with Crippen LogP contribution >= 0.6 is 12.2 Å². The quantitative estimate of drug-likeness (QED) is 0.808. The fraction of sp³-hybridized carbons (Fsp3) is 0.500. The predicted molar refractivity (Wildman–Crippen MR) is 83.8 cm³/mol. The molecule has 3 rings (SSSR count). The summed E-state index contributed by atoms with van der Waals surface area (Å²) in [7, 11) is 0. The third-order valence-electron chi connectivity index (χ3n) is 4.18. The molecule has 0 unspecified atom stereocenters. The van der Waals surface area contributed by atoms with Crippen molar-refractivity contribution in [2.24, 2.45) is 0 Å². The molecule has 1 heterocycles. The Morgan fingerprint density at radius 3 is 2.35 bits per heavy atom. The molecule has 0 radical (unpaired) electrons. The number of nitrogens with one attached hydrogen (secondary N) is 1. The highest BCUT2D eigenvalue weighted by atomic mass is 32.1. The number of benzene rings is 1. The zero-order chi connectivity index (χ0) is 13.8. The Morgan fingerprint density at radius 1 is 1.00 bits per heavy atom. The zero-order valence-corrected chi connectivity index (χ0v) is 12.5. The van der Waals surface area contributed by atoms with Gasteiger partial charge in [-0.1, -0.05) is 50.3 Å². The third kappa shape index (κ3) is 2.85. The van der Waals surface area contributed by atoms with Gasteiger partial charge >= 0.3 is 0 Å². The molecule has 1 aromatic carbocycles. The van der Waals surface area contributed by atoms with E-state index in [9.17, 15) is 0 Å². The Hall–Kier alpha value is -1.42. The molecule has 1 aliphatic carbocycles. The van der Waals surface area contributed by atoms with Gasteiger partial charge in [-0.15, -0.1) is 0 Å². The van der Waals surface area contributed by atoms with Crippen molar-refractivity contribution >= 4 is 12.2 Å². The second-order valence-electron chi connectivity index (χ2n) is 5.60. The van der Waals surface area contributed by atoms with Gasteiger partial charge in [0.05, 0.1) is 0 Å². The van der Waals surface area contributed by atoms with Gasteiger partial charge in [-0.05, 0) is 37.2 Å². The van der Waals surface area contributed by atoms with Crippen LogP contribution in [0.4, 0.5) is 0 Å². The molecule has 20 heavy (non-hydrogen) atoms. The fourth-order valence-electron chi connectivity index (χ4n) is 3.12. The van der Waals surface area contributed by atoms with E-state index in [0.717, 1.165) is 11.5 Å². The molecule has 106 valence electrons. The van der Waals surface area contributed by atoms with Crippen LogP contribution in [0, 0.1) is 4.77 Å². The number of hydrogen-bond acceptors (Lipinski definition) is 2. The van der Waals surface area contributed by atoms with Crippen molar-refractivity contribution in [1.82, 2.24) is 14.8 Å². The van der Waals surface area contributed by atoms with E-state index >= 15 is 0 Å². The van der Waals surface area contributed by atoms with Gasteiger partial charge in [-0.25, -0.2) is 0 Å². The minimum atomic E-state index is 0.531. The molecule has 4 heteroatoms. The maximum absolute atomic E-state index is 5.43. The second-order valence-corrected chi connectivity index (χ2v) is 5.99. The number of aromatic nitrogens is 3. The molecule has 1 aromatic heterocycles. The normalized spacial score (nSPS) is 17.6. The molecule has 0 spiro atoms. The molecule has 1 N–H and O–H groups in total. The first kappa shape index (κ1) is 13.6. The molecular weight excluding hydrogens is 266 g/mol. The van der Waals surface area contributed by atoms with E-state index in [1.807, 2.05) is 18.2 Å². The monoisotopic (exact) mass is 287 g/mol. The molecule has 1 fully saturated rings. The van der Waals surface area contributed by atoms with E-state index in [0.29, 0.717) is 10.7 Å². The minimum Gasteiger partial charge on any atom is -0.272 e. The number of H-pyrrole nitrogens is 1. The van der Waals surface area contributed by atoms with Gasteiger partial charge in [0.25, 0.3) is 0 Å². The number of nitrogens with zero attached hydrogens (tertiary/aromatic N) is 2. The van der Waals surface area contributed by atoms with Crippen LogP contribution in [0.15, 0.2) is 30.3 Å². The lowest BCUT2D eigenvalue weighted by molar-refractivity contribution is 0.438. The minimum absolute atomic E-state index is 0.531. The summed E-state index contributed by atoms with van der Waals surface area (Å²) in [4.78, 5) is 0. The summed E-state index contributed by atoms with van der Waals surface area (Å²) in [5, 5.41) is 7.52. The Labute approximate surface area is 125 Å². The summed E-state index contributed by atoms with van der Waals surface area (Å²) in [6.07, 6.45) is 9.16. The van der Waals surface area contributed by atoms with Crippen LogP contribution in [-0.4, -0.2) is 14.8 Å². The Balaban J connectivity index is 1.95. The molecule has 0 amide bonds. The molecule has 1 aliphatic rings. The van der Waals surface area contributed by atoms with Crippen LogP contribution in [0.25, 0.3) is 5.69 Å². The summed E-state index contributed by atoms with van der Waals surface area (Å²) >= 11 is 5.43.